The minimum atomic E-state index is -1.54. The highest BCUT2D eigenvalue weighted by molar-refractivity contribution is 5.73. The normalized spacial score (nSPS) is 19.3. The molecular weight excluding hydrogens is 484 g/mol. The topological polar surface area (TPSA) is 146 Å². The van der Waals surface area contributed by atoms with Gasteiger partial charge in [-0.05, 0) is 68.2 Å². The van der Waals surface area contributed by atoms with Crippen LogP contribution in [0.4, 0.5) is 5.69 Å². The number of aromatic nitrogens is 6. The summed E-state index contributed by atoms with van der Waals surface area (Å²) in [5, 5.41) is 37.7. The lowest BCUT2D eigenvalue weighted by Gasteiger charge is -2.31. The molecule has 2 heterocycles. The van der Waals surface area contributed by atoms with E-state index < -0.39 is 17.2 Å². The van der Waals surface area contributed by atoms with Crippen molar-refractivity contribution in [1.29, 1.82) is 0 Å². The number of nitrogens with zero attached hydrogens (tertiary/aromatic N) is 6. The molecule has 2 aromatic heterocycles. The second-order valence-electron chi connectivity index (χ2n) is 9.38. The van der Waals surface area contributed by atoms with Gasteiger partial charge in [0.05, 0.1) is 11.8 Å². The van der Waals surface area contributed by atoms with Crippen molar-refractivity contribution in [2.45, 2.75) is 45.4 Å². The molecule has 11 nitrogen and oxygen atoms in total. The highest BCUT2D eigenvalue weighted by Gasteiger charge is 2.46. The number of azo groups is 1. The van der Waals surface area contributed by atoms with Gasteiger partial charge in [0, 0.05) is 0 Å². The van der Waals surface area contributed by atoms with E-state index in [0.29, 0.717) is 11.3 Å². The van der Waals surface area contributed by atoms with E-state index in [1.54, 1.807) is 18.2 Å². The standard InChI is InChI=1S/C27H28N8O3/c1-16(2)38-24-22(25(37)35(31-24)20-13-12-17(3)18(4)15-20)28-32-27(26-29-33-34-30-26)14-8-11-21(23(27)36)19-9-6-5-7-10-19/h5-16,23,31,36H,1-4H3,(H,29,30,33,34). The zero-order valence-corrected chi connectivity index (χ0v) is 21.5. The van der Waals surface area contributed by atoms with Crippen LogP contribution in [0.5, 0.6) is 5.88 Å². The number of nitrogens with one attached hydrogen (secondary N) is 2. The Labute approximate surface area is 218 Å². The predicted molar refractivity (Wildman–Crippen MR) is 142 cm³/mol. The van der Waals surface area contributed by atoms with E-state index in [-0.39, 0.29) is 23.5 Å². The van der Waals surface area contributed by atoms with Crippen molar-refractivity contribution in [3.63, 3.8) is 0 Å². The quantitative estimate of drug-likeness (QED) is 0.318. The number of aryl methyl sites for hydroxylation is 2. The fourth-order valence-corrected chi connectivity index (χ4v) is 4.26. The Balaban J connectivity index is 1.62. The average Bonchev–Trinajstić information content (AvgIpc) is 3.55. The van der Waals surface area contributed by atoms with Gasteiger partial charge in [-0.25, -0.2) is 4.68 Å². The Morgan fingerprint density at radius 3 is 2.61 bits per heavy atom. The number of ether oxygens (including phenoxy) is 1. The fraction of sp³-hybridized carbons (Fsp3) is 0.259. The first-order valence-electron chi connectivity index (χ1n) is 12.2. The Hall–Kier alpha value is -4.64. The van der Waals surface area contributed by atoms with E-state index >= 15 is 0 Å². The van der Waals surface area contributed by atoms with Crippen LogP contribution in [0.3, 0.4) is 0 Å². The number of hydrogen-bond acceptors (Lipinski definition) is 8. The van der Waals surface area contributed by atoms with Crippen LogP contribution in [0.2, 0.25) is 0 Å². The van der Waals surface area contributed by atoms with E-state index in [0.717, 1.165) is 16.7 Å². The zero-order chi connectivity index (χ0) is 26.9. The molecule has 2 unspecified atom stereocenters. The second-order valence-corrected chi connectivity index (χ2v) is 9.38. The summed E-state index contributed by atoms with van der Waals surface area (Å²) in [7, 11) is 0. The zero-order valence-electron chi connectivity index (χ0n) is 21.5. The van der Waals surface area contributed by atoms with Crippen LogP contribution in [0.25, 0.3) is 11.3 Å². The van der Waals surface area contributed by atoms with Crippen LogP contribution in [-0.2, 0) is 5.54 Å². The van der Waals surface area contributed by atoms with Gasteiger partial charge in [0.2, 0.25) is 17.4 Å². The van der Waals surface area contributed by atoms with Crippen molar-refractivity contribution >= 4 is 11.3 Å². The number of benzene rings is 2. The van der Waals surface area contributed by atoms with Crippen LogP contribution in [0.15, 0.2) is 81.8 Å². The SMILES string of the molecule is Cc1ccc(-n2[nH]c(OC(C)C)c(N=NC3(c4nn[nH]n4)C=CC=C(c4ccccc4)C3O)c2=O)cc1C. The van der Waals surface area contributed by atoms with Crippen LogP contribution in [-0.4, -0.2) is 47.7 Å². The maximum Gasteiger partial charge on any atom is 0.303 e. The lowest BCUT2D eigenvalue weighted by Crippen LogP contribution is -2.39. The molecule has 0 saturated heterocycles. The third-order valence-electron chi connectivity index (χ3n) is 6.40. The van der Waals surface area contributed by atoms with Gasteiger partial charge in [0.15, 0.2) is 5.54 Å². The summed E-state index contributed by atoms with van der Waals surface area (Å²) in [6, 6.07) is 15.1. The number of hydrogen-bond donors (Lipinski definition) is 3. The molecule has 0 radical (unpaired) electrons. The van der Waals surface area contributed by atoms with Gasteiger partial charge in [0.25, 0.3) is 0 Å². The van der Waals surface area contributed by atoms with Gasteiger partial charge in [-0.3, -0.25) is 9.89 Å². The molecule has 0 amide bonds. The van der Waals surface area contributed by atoms with Crippen molar-refractivity contribution in [3.8, 4) is 11.6 Å². The average molecular weight is 513 g/mol. The van der Waals surface area contributed by atoms with Crippen molar-refractivity contribution in [1.82, 2.24) is 30.4 Å². The molecule has 1 aliphatic rings. The molecule has 2 aromatic carbocycles. The van der Waals surface area contributed by atoms with Crippen LogP contribution >= 0.6 is 0 Å². The Kier molecular flexibility index (Phi) is 6.60. The molecule has 2 atom stereocenters. The van der Waals surface area contributed by atoms with Gasteiger partial charge in [-0.1, -0.05) is 53.8 Å². The third kappa shape index (κ3) is 4.48. The molecule has 1 aliphatic carbocycles. The molecule has 5 rings (SSSR count). The van der Waals surface area contributed by atoms with E-state index in [9.17, 15) is 9.90 Å². The van der Waals surface area contributed by atoms with E-state index in [1.807, 2.05) is 76.2 Å². The number of allylic oxidation sites excluding steroid dienone is 2. The molecule has 0 bridgehead atoms. The van der Waals surface area contributed by atoms with Crippen LogP contribution < -0.4 is 10.3 Å². The van der Waals surface area contributed by atoms with Gasteiger partial charge < -0.3 is 9.84 Å². The largest absolute Gasteiger partial charge is 0.474 e. The smallest absolute Gasteiger partial charge is 0.303 e. The highest BCUT2D eigenvalue weighted by Crippen LogP contribution is 2.40. The Bertz CT molecular complexity index is 1580. The minimum absolute atomic E-state index is 0.0452. The van der Waals surface area contributed by atoms with Crippen LogP contribution in [0.1, 0.15) is 36.4 Å². The highest BCUT2D eigenvalue weighted by atomic mass is 16.5. The van der Waals surface area contributed by atoms with E-state index in [2.05, 4.69) is 36.0 Å². The summed E-state index contributed by atoms with van der Waals surface area (Å²) in [5.41, 5.74) is 2.12. The fourth-order valence-electron chi connectivity index (χ4n) is 4.26. The molecule has 0 fully saturated rings. The van der Waals surface area contributed by atoms with Crippen molar-refractivity contribution in [3.05, 3.63) is 99.6 Å². The number of rotatable bonds is 7. The Morgan fingerprint density at radius 2 is 1.92 bits per heavy atom. The molecule has 194 valence electrons. The minimum Gasteiger partial charge on any atom is -0.474 e. The Morgan fingerprint density at radius 1 is 1.13 bits per heavy atom. The molecule has 3 N–H and O–H groups in total. The number of tetrazole rings is 1. The monoisotopic (exact) mass is 512 g/mol. The van der Waals surface area contributed by atoms with E-state index in [4.69, 9.17) is 4.74 Å². The molecule has 4 aromatic rings. The second kappa shape index (κ2) is 10.0. The molecule has 38 heavy (non-hydrogen) atoms. The van der Waals surface area contributed by atoms with Gasteiger partial charge in [-0.15, -0.1) is 15.3 Å². The lowest BCUT2D eigenvalue weighted by molar-refractivity contribution is 0.153. The summed E-state index contributed by atoms with van der Waals surface area (Å²) in [5.74, 6) is 0.256. The number of H-pyrrole nitrogens is 2. The number of aliphatic hydroxyl groups excluding tert-OH is 1. The van der Waals surface area contributed by atoms with Crippen LogP contribution in [0, 0.1) is 13.8 Å². The summed E-state index contributed by atoms with van der Waals surface area (Å²) in [6.45, 7) is 7.67. The molecule has 11 heteroatoms. The van der Waals surface area contributed by atoms with Crippen molar-refractivity contribution < 1.29 is 9.84 Å². The van der Waals surface area contributed by atoms with Gasteiger partial charge in [-0.2, -0.15) is 10.3 Å². The summed E-state index contributed by atoms with van der Waals surface area (Å²) in [6.07, 6.45) is 3.72. The van der Waals surface area contributed by atoms with Crippen molar-refractivity contribution in [2.24, 2.45) is 10.2 Å². The van der Waals surface area contributed by atoms with E-state index in [1.165, 1.54) is 4.68 Å². The summed E-state index contributed by atoms with van der Waals surface area (Å²) in [4.78, 5) is 13.6. The van der Waals surface area contributed by atoms with Crippen molar-refractivity contribution in [2.75, 3.05) is 0 Å². The summed E-state index contributed by atoms with van der Waals surface area (Å²) >= 11 is 0. The maximum atomic E-state index is 13.6. The molecule has 0 aliphatic heterocycles. The molecular formula is C27H28N8O3. The lowest BCUT2D eigenvalue weighted by atomic mass is 9.81. The molecule has 0 spiro atoms. The number of aliphatic hydroxyl groups is 1. The first-order chi connectivity index (χ1) is 18.3. The molecule has 0 saturated carbocycles. The summed E-state index contributed by atoms with van der Waals surface area (Å²) < 4.78 is 7.25. The first kappa shape index (κ1) is 25.0. The van der Waals surface area contributed by atoms with Gasteiger partial charge in [0.1, 0.15) is 6.10 Å². The number of aromatic amines is 2. The maximum absolute atomic E-state index is 13.6. The third-order valence-corrected chi connectivity index (χ3v) is 6.40. The van der Waals surface area contributed by atoms with Gasteiger partial charge >= 0.3 is 5.56 Å². The first-order valence-corrected chi connectivity index (χ1v) is 12.2. The predicted octanol–water partition coefficient (Wildman–Crippen LogP) is 4.08.